The summed E-state index contributed by atoms with van der Waals surface area (Å²) < 4.78 is 0. The molecule has 2 aliphatic carbocycles. The second-order valence-corrected chi connectivity index (χ2v) is 7.06. The maximum Gasteiger partial charge on any atom is 0.0101 e. The molecule has 2 aliphatic rings. The SMILES string of the molecule is CCCNC(CC1CCCC1)C1CCCCC1CC. The smallest absolute Gasteiger partial charge is 0.0101 e. The molecule has 1 heteroatoms. The summed E-state index contributed by atoms with van der Waals surface area (Å²) in [6.45, 7) is 5.94. The van der Waals surface area contributed by atoms with Crippen LogP contribution in [0.4, 0.5) is 0 Å². The summed E-state index contributed by atoms with van der Waals surface area (Å²) in [6.07, 6.45) is 16.1. The number of rotatable bonds is 7. The lowest BCUT2D eigenvalue weighted by Crippen LogP contribution is -2.42. The average Bonchev–Trinajstić information content (AvgIpc) is 2.96. The molecule has 0 saturated heterocycles. The molecule has 0 aromatic rings. The van der Waals surface area contributed by atoms with Crippen molar-refractivity contribution < 1.29 is 0 Å². The van der Waals surface area contributed by atoms with Gasteiger partial charge in [-0.2, -0.15) is 0 Å². The minimum Gasteiger partial charge on any atom is -0.314 e. The summed E-state index contributed by atoms with van der Waals surface area (Å²) >= 11 is 0. The highest BCUT2D eigenvalue weighted by atomic mass is 14.9. The molecule has 0 aliphatic heterocycles. The molecule has 3 atom stereocenters. The summed E-state index contributed by atoms with van der Waals surface area (Å²) in [7, 11) is 0. The first-order valence-electron chi connectivity index (χ1n) is 9.08. The van der Waals surface area contributed by atoms with Gasteiger partial charge in [0.15, 0.2) is 0 Å². The molecule has 2 rings (SSSR count). The largest absolute Gasteiger partial charge is 0.314 e. The van der Waals surface area contributed by atoms with Crippen molar-refractivity contribution in [3.8, 4) is 0 Å². The van der Waals surface area contributed by atoms with Crippen LogP contribution in [0.1, 0.15) is 84.5 Å². The van der Waals surface area contributed by atoms with Crippen molar-refractivity contribution in [1.82, 2.24) is 5.32 Å². The number of hydrogen-bond donors (Lipinski definition) is 1. The second kappa shape index (κ2) is 8.29. The van der Waals surface area contributed by atoms with E-state index in [-0.39, 0.29) is 0 Å². The second-order valence-electron chi connectivity index (χ2n) is 7.06. The van der Waals surface area contributed by atoms with Crippen LogP contribution in [0.25, 0.3) is 0 Å². The van der Waals surface area contributed by atoms with Gasteiger partial charge in [0.1, 0.15) is 0 Å². The van der Waals surface area contributed by atoms with Crippen LogP contribution in [0.15, 0.2) is 0 Å². The summed E-state index contributed by atoms with van der Waals surface area (Å²) in [5, 5.41) is 3.93. The lowest BCUT2D eigenvalue weighted by molar-refractivity contribution is 0.157. The van der Waals surface area contributed by atoms with Crippen LogP contribution >= 0.6 is 0 Å². The molecule has 1 nitrogen and oxygen atoms in total. The Labute approximate surface area is 120 Å². The molecule has 3 unspecified atom stereocenters. The first-order chi connectivity index (χ1) is 9.35. The van der Waals surface area contributed by atoms with E-state index in [9.17, 15) is 0 Å². The van der Waals surface area contributed by atoms with Crippen LogP contribution in [0, 0.1) is 17.8 Å². The van der Waals surface area contributed by atoms with Crippen molar-refractivity contribution in [3.05, 3.63) is 0 Å². The highest BCUT2D eigenvalue weighted by molar-refractivity contribution is 4.87. The highest BCUT2D eigenvalue weighted by Gasteiger charge is 2.32. The van der Waals surface area contributed by atoms with Crippen LogP contribution < -0.4 is 5.32 Å². The first-order valence-corrected chi connectivity index (χ1v) is 9.08. The predicted molar refractivity (Wildman–Crippen MR) is 84.4 cm³/mol. The molecule has 2 fully saturated rings. The molecule has 0 bridgehead atoms. The van der Waals surface area contributed by atoms with E-state index in [1.165, 1.54) is 77.2 Å². The highest BCUT2D eigenvalue weighted by Crippen LogP contribution is 2.38. The van der Waals surface area contributed by atoms with E-state index < -0.39 is 0 Å². The first kappa shape index (κ1) is 15.4. The lowest BCUT2D eigenvalue weighted by Gasteiger charge is -2.38. The van der Waals surface area contributed by atoms with Gasteiger partial charge in [0, 0.05) is 6.04 Å². The molecule has 0 heterocycles. The zero-order valence-corrected chi connectivity index (χ0v) is 13.3. The summed E-state index contributed by atoms with van der Waals surface area (Å²) in [5.74, 6) is 3.02. The van der Waals surface area contributed by atoms with E-state index in [0.717, 1.165) is 23.8 Å². The van der Waals surface area contributed by atoms with Crippen LogP contribution in [0.3, 0.4) is 0 Å². The molecule has 0 aromatic carbocycles. The van der Waals surface area contributed by atoms with E-state index in [2.05, 4.69) is 19.2 Å². The van der Waals surface area contributed by atoms with Crippen LogP contribution in [-0.4, -0.2) is 12.6 Å². The molecule has 112 valence electrons. The molecule has 0 spiro atoms. The summed E-state index contributed by atoms with van der Waals surface area (Å²) in [4.78, 5) is 0. The van der Waals surface area contributed by atoms with Crippen molar-refractivity contribution in [3.63, 3.8) is 0 Å². The third-order valence-corrected chi connectivity index (χ3v) is 5.73. The van der Waals surface area contributed by atoms with Gasteiger partial charge in [0.2, 0.25) is 0 Å². The molecule has 0 aromatic heterocycles. The Bertz CT molecular complexity index is 232. The zero-order chi connectivity index (χ0) is 13.5. The minimum atomic E-state index is 0.827. The van der Waals surface area contributed by atoms with Gasteiger partial charge in [-0.1, -0.05) is 65.2 Å². The average molecular weight is 265 g/mol. The molecular formula is C18H35N. The molecule has 2 saturated carbocycles. The van der Waals surface area contributed by atoms with E-state index in [0.29, 0.717) is 0 Å². The van der Waals surface area contributed by atoms with Gasteiger partial charge in [-0.15, -0.1) is 0 Å². The maximum absolute atomic E-state index is 3.93. The topological polar surface area (TPSA) is 12.0 Å². The number of hydrogen-bond acceptors (Lipinski definition) is 1. The monoisotopic (exact) mass is 265 g/mol. The zero-order valence-electron chi connectivity index (χ0n) is 13.3. The van der Waals surface area contributed by atoms with Gasteiger partial charge in [0.25, 0.3) is 0 Å². The summed E-state index contributed by atoms with van der Waals surface area (Å²) in [5.41, 5.74) is 0. The van der Waals surface area contributed by atoms with Gasteiger partial charge in [-0.25, -0.2) is 0 Å². The van der Waals surface area contributed by atoms with Gasteiger partial charge in [-0.05, 0) is 43.6 Å². The van der Waals surface area contributed by atoms with Gasteiger partial charge >= 0.3 is 0 Å². The molecule has 0 amide bonds. The van der Waals surface area contributed by atoms with E-state index in [1.54, 1.807) is 0 Å². The standard InChI is InChI=1S/C18H35N/c1-3-13-19-18(14-15-9-5-6-10-15)17-12-8-7-11-16(17)4-2/h15-19H,3-14H2,1-2H3. The fraction of sp³-hybridized carbons (Fsp3) is 1.00. The Balaban J connectivity index is 1.93. The lowest BCUT2D eigenvalue weighted by atomic mass is 9.72. The number of nitrogens with one attached hydrogen (secondary N) is 1. The Kier molecular flexibility index (Phi) is 6.70. The molecule has 0 radical (unpaired) electrons. The van der Waals surface area contributed by atoms with Crippen molar-refractivity contribution in [2.24, 2.45) is 17.8 Å². The Morgan fingerprint density at radius 2 is 1.63 bits per heavy atom. The fourth-order valence-corrected chi connectivity index (χ4v) is 4.62. The molecule has 1 N–H and O–H groups in total. The fourth-order valence-electron chi connectivity index (χ4n) is 4.62. The van der Waals surface area contributed by atoms with Gasteiger partial charge in [-0.3, -0.25) is 0 Å². The maximum atomic E-state index is 3.93. The van der Waals surface area contributed by atoms with E-state index >= 15 is 0 Å². The van der Waals surface area contributed by atoms with Gasteiger partial charge in [0.05, 0.1) is 0 Å². The van der Waals surface area contributed by atoms with Crippen molar-refractivity contribution in [1.29, 1.82) is 0 Å². The van der Waals surface area contributed by atoms with Crippen LogP contribution in [-0.2, 0) is 0 Å². The molecular weight excluding hydrogens is 230 g/mol. The quantitative estimate of drug-likeness (QED) is 0.671. The Morgan fingerprint density at radius 1 is 0.947 bits per heavy atom. The molecule has 19 heavy (non-hydrogen) atoms. The Morgan fingerprint density at radius 3 is 2.32 bits per heavy atom. The van der Waals surface area contributed by atoms with Crippen LogP contribution in [0.5, 0.6) is 0 Å². The predicted octanol–water partition coefficient (Wildman–Crippen LogP) is 5.15. The third kappa shape index (κ3) is 4.48. The van der Waals surface area contributed by atoms with Gasteiger partial charge < -0.3 is 5.32 Å². The van der Waals surface area contributed by atoms with Crippen molar-refractivity contribution in [2.75, 3.05) is 6.54 Å². The van der Waals surface area contributed by atoms with E-state index in [1.807, 2.05) is 0 Å². The van der Waals surface area contributed by atoms with Crippen molar-refractivity contribution >= 4 is 0 Å². The van der Waals surface area contributed by atoms with Crippen molar-refractivity contribution in [2.45, 2.75) is 90.5 Å². The minimum absolute atomic E-state index is 0.827. The normalized spacial score (nSPS) is 30.6. The van der Waals surface area contributed by atoms with Crippen LogP contribution in [0.2, 0.25) is 0 Å². The third-order valence-electron chi connectivity index (χ3n) is 5.73. The summed E-state index contributed by atoms with van der Waals surface area (Å²) in [6, 6.07) is 0.827. The Hall–Kier alpha value is -0.0400. The van der Waals surface area contributed by atoms with E-state index in [4.69, 9.17) is 0 Å².